The first-order valence-electron chi connectivity index (χ1n) is 9.86. The van der Waals surface area contributed by atoms with Crippen molar-refractivity contribution < 1.29 is 4.79 Å². The molecule has 4 rings (SSSR count). The van der Waals surface area contributed by atoms with E-state index in [0.717, 1.165) is 24.9 Å². The number of nitrogens with one attached hydrogen (secondary N) is 1. The first-order chi connectivity index (χ1) is 12.7. The second-order valence-corrected chi connectivity index (χ2v) is 7.90. The van der Waals surface area contributed by atoms with Gasteiger partial charge in [-0.05, 0) is 50.3 Å². The van der Waals surface area contributed by atoms with Gasteiger partial charge in [0.1, 0.15) is 0 Å². The van der Waals surface area contributed by atoms with E-state index in [1.807, 2.05) is 31.2 Å². The summed E-state index contributed by atoms with van der Waals surface area (Å²) in [6.07, 6.45) is 5.96. The van der Waals surface area contributed by atoms with Crippen molar-refractivity contribution in [2.24, 2.45) is 0 Å². The van der Waals surface area contributed by atoms with Gasteiger partial charge in [-0.3, -0.25) is 9.69 Å². The molecular formula is C23H28N2O. The Bertz CT molecular complexity index is 727. The normalized spacial score (nSPS) is 25.7. The largest absolute Gasteiger partial charge is 0.349 e. The van der Waals surface area contributed by atoms with Crippen molar-refractivity contribution in [3.63, 3.8) is 0 Å². The van der Waals surface area contributed by atoms with Crippen LogP contribution in [0.4, 0.5) is 0 Å². The second-order valence-electron chi connectivity index (χ2n) is 7.90. The molecular weight excluding hydrogens is 320 g/mol. The summed E-state index contributed by atoms with van der Waals surface area (Å²) < 4.78 is 0. The van der Waals surface area contributed by atoms with Gasteiger partial charge in [-0.1, -0.05) is 54.4 Å². The molecule has 0 saturated carbocycles. The number of benzene rings is 2. The molecule has 1 N–H and O–H groups in total. The van der Waals surface area contributed by atoms with Crippen LogP contribution < -0.4 is 5.32 Å². The molecule has 0 radical (unpaired) electrons. The zero-order valence-electron chi connectivity index (χ0n) is 15.5. The Labute approximate surface area is 156 Å². The summed E-state index contributed by atoms with van der Waals surface area (Å²) in [6.45, 7) is 3.08. The van der Waals surface area contributed by atoms with Crippen LogP contribution in [0.5, 0.6) is 0 Å². The van der Waals surface area contributed by atoms with E-state index in [1.165, 1.54) is 30.4 Å². The number of carbonyl (C=O) groups excluding carboxylic acids is 1. The predicted molar refractivity (Wildman–Crippen MR) is 105 cm³/mol. The lowest BCUT2D eigenvalue weighted by Crippen LogP contribution is -2.56. The summed E-state index contributed by atoms with van der Waals surface area (Å²) in [5.41, 5.74) is 3.35. The van der Waals surface area contributed by atoms with E-state index in [-0.39, 0.29) is 5.91 Å². The van der Waals surface area contributed by atoms with Crippen molar-refractivity contribution in [2.75, 3.05) is 0 Å². The summed E-state index contributed by atoms with van der Waals surface area (Å²) in [5, 5.41) is 3.30. The minimum atomic E-state index is 0.0737. The predicted octanol–water partition coefficient (Wildman–Crippen LogP) is 4.31. The third-order valence-corrected chi connectivity index (χ3v) is 5.98. The Kier molecular flexibility index (Phi) is 5.07. The molecule has 0 aromatic heterocycles. The molecule has 3 atom stereocenters. The Morgan fingerprint density at radius 3 is 2.31 bits per heavy atom. The SMILES string of the molecule is Cc1ccc(C(=O)NC2C[C@H]3CCC[C@@H](C2)N3Cc2ccccc2)cc1. The van der Waals surface area contributed by atoms with Crippen LogP contribution in [0.25, 0.3) is 0 Å². The van der Waals surface area contributed by atoms with E-state index in [4.69, 9.17) is 0 Å². The standard InChI is InChI=1S/C23H28N2O/c1-17-10-12-19(13-11-17)23(26)24-20-14-21-8-5-9-22(15-20)25(21)16-18-6-3-2-4-7-18/h2-4,6-7,10-13,20-22H,5,8-9,14-16H2,1H3,(H,24,26)/t20?,21-,22+. The lowest BCUT2D eigenvalue weighted by molar-refractivity contribution is 0.0177. The van der Waals surface area contributed by atoms with E-state index in [1.54, 1.807) is 0 Å². The van der Waals surface area contributed by atoms with Gasteiger partial charge >= 0.3 is 0 Å². The van der Waals surface area contributed by atoms with Crippen LogP contribution in [0.2, 0.25) is 0 Å². The molecule has 2 fully saturated rings. The van der Waals surface area contributed by atoms with Gasteiger partial charge < -0.3 is 5.32 Å². The molecule has 26 heavy (non-hydrogen) atoms. The molecule has 2 aliphatic heterocycles. The summed E-state index contributed by atoms with van der Waals surface area (Å²) in [6, 6.07) is 20.1. The summed E-state index contributed by atoms with van der Waals surface area (Å²) in [4.78, 5) is 15.3. The van der Waals surface area contributed by atoms with Crippen LogP contribution in [0, 0.1) is 6.92 Å². The molecule has 2 bridgehead atoms. The number of amides is 1. The average Bonchev–Trinajstić information content (AvgIpc) is 2.64. The van der Waals surface area contributed by atoms with Crippen molar-refractivity contribution in [1.29, 1.82) is 0 Å². The Morgan fingerprint density at radius 1 is 1.00 bits per heavy atom. The summed E-state index contributed by atoms with van der Waals surface area (Å²) in [5.74, 6) is 0.0737. The molecule has 2 saturated heterocycles. The minimum absolute atomic E-state index is 0.0737. The number of carbonyl (C=O) groups is 1. The number of rotatable bonds is 4. The highest BCUT2D eigenvalue weighted by Crippen LogP contribution is 2.35. The highest BCUT2D eigenvalue weighted by atomic mass is 16.1. The van der Waals surface area contributed by atoms with Crippen molar-refractivity contribution >= 4 is 5.91 Å². The van der Waals surface area contributed by atoms with Crippen LogP contribution in [0.3, 0.4) is 0 Å². The Hall–Kier alpha value is -2.13. The van der Waals surface area contributed by atoms with E-state index in [2.05, 4.69) is 40.5 Å². The smallest absolute Gasteiger partial charge is 0.251 e. The summed E-state index contributed by atoms with van der Waals surface area (Å²) >= 11 is 0. The maximum absolute atomic E-state index is 12.6. The number of aryl methyl sites for hydroxylation is 1. The maximum Gasteiger partial charge on any atom is 0.251 e. The molecule has 1 amide bonds. The highest BCUT2D eigenvalue weighted by Gasteiger charge is 2.38. The topological polar surface area (TPSA) is 32.3 Å². The fourth-order valence-electron chi connectivity index (χ4n) is 4.62. The molecule has 1 unspecified atom stereocenters. The summed E-state index contributed by atoms with van der Waals surface area (Å²) in [7, 11) is 0. The van der Waals surface area contributed by atoms with Gasteiger partial charge in [0.05, 0.1) is 0 Å². The van der Waals surface area contributed by atoms with Gasteiger partial charge in [0.15, 0.2) is 0 Å². The molecule has 3 nitrogen and oxygen atoms in total. The van der Waals surface area contributed by atoms with Gasteiger partial charge in [0.25, 0.3) is 5.91 Å². The third kappa shape index (κ3) is 3.83. The molecule has 2 aromatic rings. The molecule has 0 spiro atoms. The molecule has 3 heteroatoms. The second kappa shape index (κ2) is 7.63. The van der Waals surface area contributed by atoms with Crippen LogP contribution in [-0.4, -0.2) is 28.9 Å². The van der Waals surface area contributed by atoms with Crippen molar-refractivity contribution in [1.82, 2.24) is 10.2 Å². The number of hydrogen-bond acceptors (Lipinski definition) is 2. The number of fused-ring (bicyclic) bond motifs is 2. The van der Waals surface area contributed by atoms with Crippen LogP contribution in [-0.2, 0) is 6.54 Å². The number of hydrogen-bond donors (Lipinski definition) is 1. The highest BCUT2D eigenvalue weighted by molar-refractivity contribution is 5.94. The number of piperidine rings is 2. The third-order valence-electron chi connectivity index (χ3n) is 5.98. The average molecular weight is 348 g/mol. The van der Waals surface area contributed by atoms with Gasteiger partial charge in [0.2, 0.25) is 0 Å². The van der Waals surface area contributed by atoms with Crippen molar-refractivity contribution in [2.45, 2.75) is 63.7 Å². The molecule has 2 aromatic carbocycles. The zero-order chi connectivity index (χ0) is 17.9. The lowest BCUT2D eigenvalue weighted by Gasteiger charge is -2.49. The Morgan fingerprint density at radius 2 is 1.65 bits per heavy atom. The van der Waals surface area contributed by atoms with E-state index < -0.39 is 0 Å². The lowest BCUT2D eigenvalue weighted by atomic mass is 9.81. The molecule has 0 aliphatic carbocycles. The Balaban J connectivity index is 1.41. The van der Waals surface area contributed by atoms with Gasteiger partial charge in [-0.2, -0.15) is 0 Å². The minimum Gasteiger partial charge on any atom is -0.349 e. The van der Waals surface area contributed by atoms with Crippen LogP contribution in [0.1, 0.15) is 53.6 Å². The van der Waals surface area contributed by atoms with Crippen molar-refractivity contribution in [3.05, 3.63) is 71.3 Å². The van der Waals surface area contributed by atoms with Gasteiger partial charge in [-0.15, -0.1) is 0 Å². The first kappa shape index (κ1) is 17.3. The van der Waals surface area contributed by atoms with Crippen LogP contribution >= 0.6 is 0 Å². The quantitative estimate of drug-likeness (QED) is 0.893. The van der Waals surface area contributed by atoms with Crippen molar-refractivity contribution in [3.8, 4) is 0 Å². The maximum atomic E-state index is 12.6. The van der Waals surface area contributed by atoms with Gasteiger partial charge in [-0.25, -0.2) is 0 Å². The fourth-order valence-corrected chi connectivity index (χ4v) is 4.62. The monoisotopic (exact) mass is 348 g/mol. The van der Waals surface area contributed by atoms with Crippen LogP contribution in [0.15, 0.2) is 54.6 Å². The number of nitrogens with zero attached hydrogens (tertiary/aromatic N) is 1. The first-order valence-corrected chi connectivity index (χ1v) is 9.86. The van der Waals surface area contributed by atoms with Gasteiger partial charge in [0, 0.05) is 30.2 Å². The fraction of sp³-hybridized carbons (Fsp3) is 0.435. The van der Waals surface area contributed by atoms with E-state index >= 15 is 0 Å². The molecule has 2 aliphatic rings. The molecule has 136 valence electrons. The zero-order valence-corrected chi connectivity index (χ0v) is 15.5. The molecule has 2 heterocycles. The van der Waals surface area contributed by atoms with E-state index in [9.17, 15) is 4.79 Å². The van der Waals surface area contributed by atoms with E-state index in [0.29, 0.717) is 18.1 Å².